The number of hydrogen-bond donors (Lipinski definition) is 2. The minimum absolute atomic E-state index is 0.0798. The molecule has 200 valence electrons. The molecule has 6 atom stereocenters. The molecule has 2 saturated heterocycles. The van der Waals surface area contributed by atoms with Gasteiger partial charge < -0.3 is 10.2 Å². The van der Waals surface area contributed by atoms with Gasteiger partial charge >= 0.3 is 5.97 Å². The van der Waals surface area contributed by atoms with E-state index in [4.69, 9.17) is 23.2 Å². The number of fused-ring (bicyclic) bond motifs is 4. The quantitative estimate of drug-likeness (QED) is 0.330. The number of imide groups is 2. The number of carbonyl (C=O) groups excluding carboxylic acids is 4. The van der Waals surface area contributed by atoms with Crippen molar-refractivity contribution in [3.8, 4) is 5.75 Å². The number of carboxylic acid groups (broad SMARTS) is 1. The fourth-order valence-corrected chi connectivity index (χ4v) is 7.86. The van der Waals surface area contributed by atoms with Crippen LogP contribution in [0.1, 0.15) is 34.7 Å². The van der Waals surface area contributed by atoms with Crippen molar-refractivity contribution < 1.29 is 34.2 Å². The summed E-state index contributed by atoms with van der Waals surface area (Å²) in [7, 11) is 1.29. The smallest absolute Gasteiger partial charge is 0.335 e. The number of aromatic hydroxyl groups is 1. The topological polar surface area (TPSA) is 132 Å². The van der Waals surface area contributed by atoms with Crippen LogP contribution in [0.15, 0.2) is 60.2 Å². The average Bonchev–Trinajstić information content (AvgIpc) is 3.24. The first kappa shape index (κ1) is 25.6. The fourth-order valence-electron chi connectivity index (χ4n) is 6.85. The van der Waals surface area contributed by atoms with Crippen LogP contribution in [0.4, 0.5) is 5.69 Å². The molecule has 6 rings (SSSR count). The van der Waals surface area contributed by atoms with Gasteiger partial charge in [0.1, 0.15) is 5.75 Å². The van der Waals surface area contributed by atoms with Crippen molar-refractivity contribution in [2.24, 2.45) is 17.8 Å². The lowest BCUT2D eigenvalue weighted by Crippen LogP contribution is -2.60. The number of alkyl halides is 2. The van der Waals surface area contributed by atoms with E-state index in [0.717, 1.165) is 9.80 Å². The van der Waals surface area contributed by atoms with Gasteiger partial charge in [-0.1, -0.05) is 35.9 Å². The van der Waals surface area contributed by atoms with Crippen molar-refractivity contribution in [3.05, 3.63) is 71.3 Å². The van der Waals surface area contributed by atoms with Gasteiger partial charge in [-0.25, -0.2) is 4.79 Å². The number of amides is 4. The molecule has 11 heteroatoms. The number of benzene rings is 2. The van der Waals surface area contributed by atoms with Gasteiger partial charge in [0.2, 0.25) is 11.8 Å². The Labute approximate surface area is 232 Å². The molecule has 0 radical (unpaired) electrons. The third-order valence-corrected chi connectivity index (χ3v) is 10.0. The zero-order chi connectivity index (χ0) is 28.0. The maximum Gasteiger partial charge on any atom is 0.335 e. The lowest BCUT2D eigenvalue weighted by Gasteiger charge is -2.50. The van der Waals surface area contributed by atoms with Crippen LogP contribution in [0.3, 0.4) is 0 Å². The summed E-state index contributed by atoms with van der Waals surface area (Å²) in [5, 5.41) is 20.2. The molecule has 0 bridgehead atoms. The predicted octanol–water partition coefficient (Wildman–Crippen LogP) is 3.28. The van der Waals surface area contributed by atoms with Crippen LogP contribution in [-0.4, -0.2) is 61.5 Å². The second-order valence-corrected chi connectivity index (χ2v) is 11.7. The van der Waals surface area contributed by atoms with Gasteiger partial charge in [0, 0.05) is 18.5 Å². The van der Waals surface area contributed by atoms with Gasteiger partial charge in [0.15, 0.2) is 9.75 Å². The van der Waals surface area contributed by atoms with E-state index in [-0.39, 0.29) is 35.4 Å². The van der Waals surface area contributed by atoms with Crippen LogP contribution in [0.25, 0.3) is 0 Å². The maximum atomic E-state index is 13.9. The van der Waals surface area contributed by atoms with Crippen LogP contribution < -0.4 is 4.90 Å². The second kappa shape index (κ2) is 8.40. The highest BCUT2D eigenvalue weighted by Crippen LogP contribution is 2.66. The van der Waals surface area contributed by atoms with E-state index in [1.54, 1.807) is 24.3 Å². The molecule has 9 nitrogen and oxygen atoms in total. The van der Waals surface area contributed by atoms with Crippen LogP contribution >= 0.6 is 23.2 Å². The molecule has 4 aliphatic rings. The van der Waals surface area contributed by atoms with Crippen molar-refractivity contribution in [2.45, 2.75) is 28.5 Å². The minimum atomic E-state index is -1.98. The van der Waals surface area contributed by atoms with Crippen LogP contribution in [0.5, 0.6) is 5.75 Å². The van der Waals surface area contributed by atoms with E-state index in [0.29, 0.717) is 5.57 Å². The molecule has 2 N–H and O–H groups in total. The maximum absolute atomic E-state index is 13.9. The molecule has 0 aromatic heterocycles. The van der Waals surface area contributed by atoms with Gasteiger partial charge in [0.05, 0.1) is 23.1 Å². The van der Waals surface area contributed by atoms with Crippen molar-refractivity contribution in [3.63, 3.8) is 0 Å². The molecule has 3 fully saturated rings. The normalized spacial score (nSPS) is 33.6. The van der Waals surface area contributed by atoms with Crippen molar-refractivity contribution in [1.29, 1.82) is 0 Å². The zero-order valence-corrected chi connectivity index (χ0v) is 22.0. The summed E-state index contributed by atoms with van der Waals surface area (Å²) in [6.07, 6.45) is 1.74. The van der Waals surface area contributed by atoms with Crippen LogP contribution in [-0.2, 0) is 19.2 Å². The predicted molar refractivity (Wildman–Crippen MR) is 139 cm³/mol. The number of carboxylic acids is 1. The van der Waals surface area contributed by atoms with Crippen molar-refractivity contribution >= 4 is 58.5 Å². The fraction of sp³-hybridized carbons (Fsp3) is 0.321. The Balaban J connectivity index is 1.51. The number of aromatic carboxylic acids is 1. The molecule has 2 aromatic carbocycles. The first-order chi connectivity index (χ1) is 18.4. The van der Waals surface area contributed by atoms with Gasteiger partial charge in [-0.3, -0.25) is 29.0 Å². The lowest BCUT2D eigenvalue weighted by molar-refractivity contribution is -0.138. The number of phenolic OH excluding ortho intramolecular Hbond substituents is 1. The summed E-state index contributed by atoms with van der Waals surface area (Å²) in [5.41, 5.74) is 0.894. The molecule has 2 aliphatic heterocycles. The Bertz CT molecular complexity index is 1540. The van der Waals surface area contributed by atoms with E-state index in [1.807, 2.05) is 0 Å². The number of nitrogens with zero attached hydrogens (tertiary/aromatic N) is 2. The lowest BCUT2D eigenvalue weighted by atomic mass is 9.56. The van der Waals surface area contributed by atoms with Gasteiger partial charge in [-0.2, -0.15) is 0 Å². The molecular formula is C28H22Cl2N2O7. The standard InChI is InChI=1S/C28H22Cl2N2O7/c1-31-25(38)27(29)12-18-15(21(28(27,30)26(31)39)16-7-2-3-8-19(16)33)9-10-17-20(18)23(35)32(22(17)34)14-6-4-5-13(11-14)24(36)37/h2-9,11,17-18,20-21,33H,10,12H2,1H3,(H,36,37). The van der Waals surface area contributed by atoms with Crippen LogP contribution in [0.2, 0.25) is 0 Å². The Kier molecular flexibility index (Phi) is 5.51. The monoisotopic (exact) mass is 568 g/mol. The number of rotatable bonds is 3. The first-order valence-electron chi connectivity index (χ1n) is 12.3. The molecule has 2 aromatic rings. The van der Waals surface area contributed by atoms with Crippen LogP contribution in [0, 0.1) is 17.8 Å². The Morgan fingerprint density at radius 3 is 2.38 bits per heavy atom. The summed E-state index contributed by atoms with van der Waals surface area (Å²) in [4.78, 5) is 63.9. The molecule has 2 aliphatic carbocycles. The number of carbonyl (C=O) groups is 5. The summed E-state index contributed by atoms with van der Waals surface area (Å²) in [6.45, 7) is 0. The van der Waals surface area contributed by atoms with E-state index in [1.165, 1.54) is 37.4 Å². The minimum Gasteiger partial charge on any atom is -0.508 e. The molecule has 39 heavy (non-hydrogen) atoms. The number of anilines is 1. The Morgan fingerprint density at radius 2 is 1.69 bits per heavy atom. The molecular weight excluding hydrogens is 547 g/mol. The Morgan fingerprint density at radius 1 is 0.974 bits per heavy atom. The summed E-state index contributed by atoms with van der Waals surface area (Å²) in [6, 6.07) is 11.9. The van der Waals surface area contributed by atoms with Crippen molar-refractivity contribution in [1.82, 2.24) is 4.90 Å². The Hall–Kier alpha value is -3.69. The number of para-hydroxylation sites is 1. The molecule has 6 unspecified atom stereocenters. The molecule has 2 heterocycles. The third kappa shape index (κ3) is 3.17. The first-order valence-corrected chi connectivity index (χ1v) is 13.1. The second-order valence-electron chi connectivity index (χ2n) is 10.4. The average molecular weight is 569 g/mol. The summed E-state index contributed by atoms with van der Waals surface area (Å²) < 4.78 is 0. The van der Waals surface area contributed by atoms with Gasteiger partial charge in [-0.05, 0) is 43.0 Å². The highest BCUT2D eigenvalue weighted by molar-refractivity contribution is 6.53. The van der Waals surface area contributed by atoms with E-state index >= 15 is 0 Å². The number of likely N-dealkylation sites (tertiary alicyclic amines) is 1. The summed E-state index contributed by atoms with van der Waals surface area (Å²) >= 11 is 14.1. The summed E-state index contributed by atoms with van der Waals surface area (Å²) in [5.74, 6) is -7.31. The largest absolute Gasteiger partial charge is 0.508 e. The van der Waals surface area contributed by atoms with Crippen molar-refractivity contribution in [2.75, 3.05) is 11.9 Å². The molecule has 1 saturated carbocycles. The third-order valence-electron chi connectivity index (χ3n) is 8.61. The van der Waals surface area contributed by atoms with E-state index in [9.17, 15) is 34.2 Å². The van der Waals surface area contributed by atoms with E-state index < -0.39 is 63.0 Å². The SMILES string of the molecule is CN1C(=O)C2(Cl)CC3C(=CCC4C(=O)N(c5cccc(C(=O)O)c5)C(=O)C43)C(c3ccccc3O)C2(Cl)C1=O. The number of halogens is 2. The molecule has 0 spiro atoms. The molecule has 4 amide bonds. The van der Waals surface area contributed by atoms with E-state index in [2.05, 4.69) is 0 Å². The highest BCUT2D eigenvalue weighted by atomic mass is 35.5. The van der Waals surface area contributed by atoms with Gasteiger partial charge in [-0.15, -0.1) is 23.2 Å². The van der Waals surface area contributed by atoms with Gasteiger partial charge in [0.25, 0.3) is 11.8 Å². The highest BCUT2D eigenvalue weighted by Gasteiger charge is 2.76. The number of allylic oxidation sites excluding steroid dienone is 2. The number of phenols is 1. The number of hydrogen-bond acceptors (Lipinski definition) is 6. The zero-order valence-electron chi connectivity index (χ0n) is 20.5.